The van der Waals surface area contributed by atoms with Gasteiger partial charge in [0.15, 0.2) is 0 Å². The molecular weight excluding hydrogens is 523 g/mol. The second kappa shape index (κ2) is 11.8. The summed E-state index contributed by atoms with van der Waals surface area (Å²) in [5, 5.41) is 6.30. The molecule has 4 aromatic heterocycles. The van der Waals surface area contributed by atoms with Gasteiger partial charge in [-0.15, -0.1) is 22.7 Å². The van der Waals surface area contributed by atoms with Crippen LogP contribution in [0.3, 0.4) is 0 Å². The van der Waals surface area contributed by atoms with E-state index in [0.29, 0.717) is 18.5 Å². The first kappa shape index (κ1) is 26.7. The van der Waals surface area contributed by atoms with Crippen LogP contribution in [0.5, 0.6) is 0 Å². The number of nitrogens with two attached hydrogens (primary N) is 1. The summed E-state index contributed by atoms with van der Waals surface area (Å²) in [4.78, 5) is 26.0. The molecule has 0 fully saturated rings. The maximum absolute atomic E-state index is 12.2. The fourth-order valence-electron chi connectivity index (χ4n) is 5.05. The van der Waals surface area contributed by atoms with Gasteiger partial charge in [-0.2, -0.15) is 0 Å². The van der Waals surface area contributed by atoms with Crippen LogP contribution < -0.4 is 5.73 Å². The summed E-state index contributed by atoms with van der Waals surface area (Å²) in [5.41, 5.74) is 10.5. The number of benzene rings is 2. The standard InChI is InChI=1S/C17H16N2O2S.C15H15NS/c1-2-13-14(15(20)16(18)21)12-8-9-22-17(12)19(13)10-11-6-4-3-5-7-11;1-2-14-10-13-8-9-17-15(13)16(14)11-12-6-4-3-5-7-12/h3-9H,2,10H2,1H3,(H2,18,21);3-10H,2,11H2,1H3. The number of amides is 1. The lowest BCUT2D eigenvalue weighted by atomic mass is 10.1. The second-order valence-electron chi connectivity index (χ2n) is 9.32. The topological polar surface area (TPSA) is 70.0 Å². The minimum Gasteiger partial charge on any atom is -0.363 e. The quantitative estimate of drug-likeness (QED) is 0.159. The maximum atomic E-state index is 12.2. The molecule has 5 nitrogen and oxygen atoms in total. The first-order valence-electron chi connectivity index (χ1n) is 13.1. The first-order valence-corrected chi connectivity index (χ1v) is 14.8. The van der Waals surface area contributed by atoms with E-state index in [4.69, 9.17) is 5.73 Å². The van der Waals surface area contributed by atoms with Gasteiger partial charge in [0.25, 0.3) is 11.7 Å². The van der Waals surface area contributed by atoms with Crippen LogP contribution in [0.1, 0.15) is 46.7 Å². The molecule has 1 amide bonds. The highest BCUT2D eigenvalue weighted by molar-refractivity contribution is 7.17. The molecule has 2 N–H and O–H groups in total. The summed E-state index contributed by atoms with van der Waals surface area (Å²) in [6, 6.07) is 27.1. The van der Waals surface area contributed by atoms with Gasteiger partial charge in [-0.05, 0) is 52.9 Å². The zero-order valence-corrected chi connectivity index (χ0v) is 23.7. The average Bonchev–Trinajstić information content (AvgIpc) is 3.73. The van der Waals surface area contributed by atoms with Gasteiger partial charge in [-0.1, -0.05) is 74.5 Å². The van der Waals surface area contributed by atoms with Gasteiger partial charge < -0.3 is 14.9 Å². The normalized spacial score (nSPS) is 11.0. The zero-order chi connectivity index (χ0) is 27.4. The molecular formula is C32H31N3O2S2. The predicted molar refractivity (Wildman–Crippen MR) is 163 cm³/mol. The summed E-state index contributed by atoms with van der Waals surface area (Å²) < 4.78 is 4.56. The molecule has 0 radical (unpaired) electrons. The molecule has 0 bridgehead atoms. The first-order chi connectivity index (χ1) is 19.0. The molecule has 0 atom stereocenters. The van der Waals surface area contributed by atoms with E-state index in [1.54, 1.807) is 11.3 Å². The zero-order valence-electron chi connectivity index (χ0n) is 22.1. The Morgan fingerprint density at radius 2 is 1.33 bits per heavy atom. The number of rotatable bonds is 8. The van der Waals surface area contributed by atoms with Gasteiger partial charge in [-0.3, -0.25) is 9.59 Å². The molecule has 6 aromatic rings. The van der Waals surface area contributed by atoms with Crippen LogP contribution in [0.4, 0.5) is 0 Å². The summed E-state index contributed by atoms with van der Waals surface area (Å²) in [6.45, 7) is 5.86. The number of Topliss-reactive ketones (excluding diaryl/α,β-unsaturated/α-hetero) is 1. The lowest BCUT2D eigenvalue weighted by molar-refractivity contribution is -0.114. The lowest BCUT2D eigenvalue weighted by Crippen LogP contribution is -2.24. The molecule has 198 valence electrons. The van der Waals surface area contributed by atoms with Crippen molar-refractivity contribution in [3.63, 3.8) is 0 Å². The van der Waals surface area contributed by atoms with Crippen molar-refractivity contribution in [2.45, 2.75) is 39.8 Å². The predicted octanol–water partition coefficient (Wildman–Crippen LogP) is 7.30. The Hall–Kier alpha value is -3.94. The number of aromatic nitrogens is 2. The van der Waals surface area contributed by atoms with E-state index in [2.05, 4.69) is 76.0 Å². The van der Waals surface area contributed by atoms with Gasteiger partial charge in [0.2, 0.25) is 0 Å². The second-order valence-corrected chi connectivity index (χ2v) is 11.1. The fraction of sp³-hybridized carbons (Fsp3) is 0.188. The van der Waals surface area contributed by atoms with E-state index in [-0.39, 0.29) is 0 Å². The molecule has 0 spiro atoms. The number of aryl methyl sites for hydroxylation is 1. The molecule has 0 saturated carbocycles. The van der Waals surface area contributed by atoms with E-state index in [1.807, 2.05) is 47.9 Å². The van der Waals surface area contributed by atoms with Crippen molar-refractivity contribution >= 4 is 54.8 Å². The number of nitrogens with zero attached hydrogens (tertiary/aromatic N) is 2. The number of ketones is 1. The minimum absolute atomic E-state index is 0.460. The van der Waals surface area contributed by atoms with Gasteiger partial charge in [0.05, 0.1) is 5.56 Å². The van der Waals surface area contributed by atoms with Crippen LogP contribution in [-0.4, -0.2) is 20.8 Å². The Labute approximate surface area is 236 Å². The van der Waals surface area contributed by atoms with Crippen molar-refractivity contribution in [2.75, 3.05) is 0 Å². The molecule has 4 heterocycles. The Bertz CT molecular complexity index is 1720. The average molecular weight is 554 g/mol. The monoisotopic (exact) mass is 553 g/mol. The number of fused-ring (bicyclic) bond motifs is 2. The number of carbonyl (C=O) groups excluding carboxylic acids is 2. The molecule has 2 aromatic carbocycles. The number of hydrogen-bond acceptors (Lipinski definition) is 4. The smallest absolute Gasteiger partial charge is 0.289 e. The van der Waals surface area contributed by atoms with Gasteiger partial charge in [0.1, 0.15) is 9.66 Å². The van der Waals surface area contributed by atoms with E-state index >= 15 is 0 Å². The van der Waals surface area contributed by atoms with Crippen molar-refractivity contribution in [3.8, 4) is 0 Å². The van der Waals surface area contributed by atoms with Crippen LogP contribution in [0, 0.1) is 0 Å². The maximum Gasteiger partial charge on any atom is 0.289 e. The van der Waals surface area contributed by atoms with Gasteiger partial charge >= 0.3 is 0 Å². The fourth-order valence-corrected chi connectivity index (χ4v) is 6.90. The van der Waals surface area contributed by atoms with Crippen LogP contribution in [0.15, 0.2) is 89.6 Å². The Morgan fingerprint density at radius 3 is 1.92 bits per heavy atom. The third kappa shape index (κ3) is 5.46. The van der Waals surface area contributed by atoms with Gasteiger partial charge in [-0.25, -0.2) is 0 Å². The lowest BCUT2D eigenvalue weighted by Gasteiger charge is -2.10. The van der Waals surface area contributed by atoms with Crippen LogP contribution >= 0.6 is 22.7 Å². The SMILES string of the molecule is CCc1c(C(=O)C(N)=O)c2ccsc2n1Cc1ccccc1.CCc1cc2ccsc2n1Cc1ccccc1. The summed E-state index contributed by atoms with van der Waals surface area (Å²) in [6.07, 6.45) is 1.76. The molecule has 0 aliphatic heterocycles. The molecule has 0 saturated heterocycles. The number of thiophene rings is 2. The Kier molecular flexibility index (Phi) is 8.10. The Morgan fingerprint density at radius 1 is 0.744 bits per heavy atom. The van der Waals surface area contributed by atoms with Crippen LogP contribution in [0.25, 0.3) is 20.4 Å². The minimum atomic E-state index is -0.903. The third-order valence-electron chi connectivity index (χ3n) is 6.88. The highest BCUT2D eigenvalue weighted by Crippen LogP contribution is 2.32. The van der Waals surface area contributed by atoms with E-state index in [1.165, 1.54) is 21.5 Å². The van der Waals surface area contributed by atoms with Crippen molar-refractivity contribution in [2.24, 2.45) is 5.73 Å². The van der Waals surface area contributed by atoms with Crippen molar-refractivity contribution in [1.29, 1.82) is 0 Å². The van der Waals surface area contributed by atoms with Gasteiger partial charge in [0, 0.05) is 35.2 Å². The third-order valence-corrected chi connectivity index (χ3v) is 8.76. The number of primary amides is 1. The summed E-state index contributed by atoms with van der Waals surface area (Å²) >= 11 is 3.40. The van der Waals surface area contributed by atoms with E-state index < -0.39 is 11.7 Å². The molecule has 0 aliphatic rings. The molecule has 39 heavy (non-hydrogen) atoms. The van der Waals surface area contributed by atoms with Crippen LogP contribution in [0.2, 0.25) is 0 Å². The molecule has 0 aliphatic carbocycles. The van der Waals surface area contributed by atoms with Crippen molar-refractivity contribution in [1.82, 2.24) is 9.13 Å². The van der Waals surface area contributed by atoms with Crippen LogP contribution in [-0.2, 0) is 30.7 Å². The molecule has 6 rings (SSSR count). The highest BCUT2D eigenvalue weighted by atomic mass is 32.1. The summed E-state index contributed by atoms with van der Waals surface area (Å²) in [5.74, 6) is -1.51. The van der Waals surface area contributed by atoms with E-state index in [0.717, 1.165) is 34.4 Å². The van der Waals surface area contributed by atoms with E-state index in [9.17, 15) is 9.59 Å². The Balaban J connectivity index is 0.000000163. The largest absolute Gasteiger partial charge is 0.363 e. The number of hydrogen-bond donors (Lipinski definition) is 1. The van der Waals surface area contributed by atoms with Crippen molar-refractivity contribution < 1.29 is 9.59 Å². The summed E-state index contributed by atoms with van der Waals surface area (Å²) in [7, 11) is 0. The number of carbonyl (C=O) groups is 2. The highest BCUT2D eigenvalue weighted by Gasteiger charge is 2.25. The molecule has 7 heteroatoms. The molecule has 0 unspecified atom stereocenters. The van der Waals surface area contributed by atoms with Crippen molar-refractivity contribution in [3.05, 3.63) is 118 Å².